The summed E-state index contributed by atoms with van der Waals surface area (Å²) in [7, 11) is 1.77. The third-order valence-electron chi connectivity index (χ3n) is 3.41. The summed E-state index contributed by atoms with van der Waals surface area (Å²) in [5.41, 5.74) is 6.53. The number of amides is 1. The molecule has 0 spiro atoms. The maximum Gasteiger partial charge on any atom is 0.255 e. The molecule has 1 aliphatic carbocycles. The fourth-order valence-corrected chi connectivity index (χ4v) is 2.32. The molecule has 5 heteroatoms. The Hall–Kier alpha value is -1.90. The lowest BCUT2D eigenvalue weighted by Crippen LogP contribution is -2.39. The monoisotopic (exact) mass is 273 g/mol. The number of carbonyl (C=O) groups excluding carboxylic acids is 1. The SMILES string of the molecule is CN(CC1CC(O)C1)C(=O)c1cncc(C#CCN)c1. The highest BCUT2D eigenvalue weighted by atomic mass is 16.3. The number of aliphatic hydroxyl groups excluding tert-OH is 1. The Bertz CT molecular complexity index is 542. The zero-order valence-corrected chi connectivity index (χ0v) is 11.5. The van der Waals surface area contributed by atoms with Crippen LogP contribution in [-0.4, -0.2) is 47.1 Å². The molecule has 0 bridgehead atoms. The summed E-state index contributed by atoms with van der Waals surface area (Å²) in [5, 5.41) is 9.27. The van der Waals surface area contributed by atoms with Crippen molar-refractivity contribution >= 4 is 5.91 Å². The second-order valence-electron chi connectivity index (χ2n) is 5.15. The molecule has 106 valence electrons. The van der Waals surface area contributed by atoms with Crippen LogP contribution >= 0.6 is 0 Å². The topological polar surface area (TPSA) is 79.5 Å². The molecule has 1 aromatic heterocycles. The second-order valence-corrected chi connectivity index (χ2v) is 5.15. The highest BCUT2D eigenvalue weighted by Crippen LogP contribution is 2.27. The molecule has 0 aliphatic heterocycles. The van der Waals surface area contributed by atoms with E-state index < -0.39 is 0 Å². The zero-order chi connectivity index (χ0) is 14.5. The number of pyridine rings is 1. The molecule has 1 saturated carbocycles. The maximum absolute atomic E-state index is 12.3. The van der Waals surface area contributed by atoms with Gasteiger partial charge in [0.15, 0.2) is 0 Å². The first-order valence-electron chi connectivity index (χ1n) is 6.67. The summed E-state index contributed by atoms with van der Waals surface area (Å²) < 4.78 is 0. The second kappa shape index (κ2) is 6.51. The Balaban J connectivity index is 2.00. The van der Waals surface area contributed by atoms with E-state index in [2.05, 4.69) is 16.8 Å². The number of hydrogen-bond donors (Lipinski definition) is 2. The van der Waals surface area contributed by atoms with Gasteiger partial charge in [-0.15, -0.1) is 0 Å². The molecule has 1 aliphatic rings. The zero-order valence-electron chi connectivity index (χ0n) is 11.5. The quantitative estimate of drug-likeness (QED) is 0.773. The van der Waals surface area contributed by atoms with Gasteiger partial charge in [0.05, 0.1) is 18.2 Å². The van der Waals surface area contributed by atoms with Gasteiger partial charge in [-0.25, -0.2) is 0 Å². The highest BCUT2D eigenvalue weighted by Gasteiger charge is 2.29. The Morgan fingerprint density at radius 1 is 1.55 bits per heavy atom. The van der Waals surface area contributed by atoms with Gasteiger partial charge < -0.3 is 15.7 Å². The number of nitrogens with two attached hydrogens (primary N) is 1. The van der Waals surface area contributed by atoms with E-state index in [4.69, 9.17) is 5.73 Å². The van der Waals surface area contributed by atoms with Crippen molar-refractivity contribution in [3.63, 3.8) is 0 Å². The van der Waals surface area contributed by atoms with Gasteiger partial charge in [0.2, 0.25) is 0 Å². The van der Waals surface area contributed by atoms with Gasteiger partial charge in [0.1, 0.15) is 0 Å². The molecule has 2 rings (SSSR count). The minimum atomic E-state index is -0.194. The average Bonchev–Trinajstić information content (AvgIpc) is 2.42. The molecule has 1 amide bonds. The van der Waals surface area contributed by atoms with Crippen LogP contribution in [0.1, 0.15) is 28.8 Å². The van der Waals surface area contributed by atoms with E-state index >= 15 is 0 Å². The molecule has 0 radical (unpaired) electrons. The van der Waals surface area contributed by atoms with Crippen molar-refractivity contribution in [3.05, 3.63) is 29.6 Å². The van der Waals surface area contributed by atoms with Crippen molar-refractivity contribution in [3.8, 4) is 11.8 Å². The molecule has 5 nitrogen and oxygen atoms in total. The van der Waals surface area contributed by atoms with Crippen LogP contribution in [0.25, 0.3) is 0 Å². The van der Waals surface area contributed by atoms with E-state index in [-0.39, 0.29) is 18.6 Å². The van der Waals surface area contributed by atoms with Crippen LogP contribution in [0.3, 0.4) is 0 Å². The Morgan fingerprint density at radius 2 is 2.30 bits per heavy atom. The van der Waals surface area contributed by atoms with Gasteiger partial charge in [0.25, 0.3) is 5.91 Å². The normalized spacial score (nSPS) is 20.6. The van der Waals surface area contributed by atoms with Gasteiger partial charge in [-0.1, -0.05) is 11.8 Å². The Morgan fingerprint density at radius 3 is 2.95 bits per heavy atom. The first-order chi connectivity index (χ1) is 9.60. The van der Waals surface area contributed by atoms with Gasteiger partial charge in [-0.05, 0) is 24.8 Å². The van der Waals surface area contributed by atoms with Crippen LogP contribution in [-0.2, 0) is 0 Å². The summed E-state index contributed by atoms with van der Waals surface area (Å²) in [6, 6.07) is 1.73. The first kappa shape index (κ1) is 14.5. The summed E-state index contributed by atoms with van der Waals surface area (Å²) in [5.74, 6) is 5.93. The molecule has 0 unspecified atom stereocenters. The number of aliphatic hydroxyl groups is 1. The Labute approximate surface area is 118 Å². The van der Waals surface area contributed by atoms with Crippen molar-refractivity contribution < 1.29 is 9.90 Å². The number of aromatic nitrogens is 1. The predicted octanol–water partition coefficient (Wildman–Crippen LogP) is 0.235. The molecule has 0 aromatic carbocycles. The van der Waals surface area contributed by atoms with Crippen LogP contribution in [0, 0.1) is 17.8 Å². The largest absolute Gasteiger partial charge is 0.393 e. The van der Waals surface area contributed by atoms with Crippen LogP contribution in [0.15, 0.2) is 18.5 Å². The van der Waals surface area contributed by atoms with Gasteiger partial charge in [0, 0.05) is 31.5 Å². The highest BCUT2D eigenvalue weighted by molar-refractivity contribution is 5.94. The molecule has 20 heavy (non-hydrogen) atoms. The van der Waals surface area contributed by atoms with E-state index in [0.29, 0.717) is 23.6 Å². The predicted molar refractivity (Wildman–Crippen MR) is 75.9 cm³/mol. The van der Waals surface area contributed by atoms with E-state index in [1.165, 1.54) is 0 Å². The third-order valence-corrected chi connectivity index (χ3v) is 3.41. The van der Waals surface area contributed by atoms with Crippen molar-refractivity contribution in [1.82, 2.24) is 9.88 Å². The molecular formula is C15H19N3O2. The summed E-state index contributed by atoms with van der Waals surface area (Å²) in [4.78, 5) is 18.0. The number of nitrogens with zero attached hydrogens (tertiary/aromatic N) is 2. The summed E-state index contributed by atoms with van der Waals surface area (Å²) >= 11 is 0. The van der Waals surface area contributed by atoms with E-state index in [0.717, 1.165) is 12.8 Å². The molecule has 1 heterocycles. The van der Waals surface area contributed by atoms with E-state index in [9.17, 15) is 9.90 Å². The number of hydrogen-bond acceptors (Lipinski definition) is 4. The van der Waals surface area contributed by atoms with Crippen molar-refractivity contribution in [2.45, 2.75) is 18.9 Å². The first-order valence-corrected chi connectivity index (χ1v) is 6.67. The lowest BCUT2D eigenvalue weighted by molar-refractivity contribution is 0.0265. The molecule has 0 atom stereocenters. The molecule has 1 fully saturated rings. The Kier molecular flexibility index (Phi) is 4.72. The molecule has 1 aromatic rings. The smallest absolute Gasteiger partial charge is 0.255 e. The van der Waals surface area contributed by atoms with Crippen LogP contribution < -0.4 is 5.73 Å². The van der Waals surface area contributed by atoms with Gasteiger partial charge >= 0.3 is 0 Å². The van der Waals surface area contributed by atoms with E-state index in [1.54, 1.807) is 30.4 Å². The van der Waals surface area contributed by atoms with Crippen molar-refractivity contribution in [2.75, 3.05) is 20.1 Å². The minimum Gasteiger partial charge on any atom is -0.393 e. The standard InChI is InChI=1S/C15H19N3O2/c1-18(10-12-6-14(19)7-12)15(20)13-5-11(3-2-4-16)8-17-9-13/h5,8-9,12,14,19H,4,6-7,10,16H2,1H3. The molecule has 3 N–H and O–H groups in total. The third kappa shape index (κ3) is 3.56. The van der Waals surface area contributed by atoms with Crippen LogP contribution in [0.4, 0.5) is 0 Å². The lowest BCUT2D eigenvalue weighted by Gasteiger charge is -2.34. The summed E-state index contributed by atoms with van der Waals surface area (Å²) in [6.07, 6.45) is 4.51. The van der Waals surface area contributed by atoms with Crippen molar-refractivity contribution in [1.29, 1.82) is 0 Å². The van der Waals surface area contributed by atoms with Crippen LogP contribution in [0.2, 0.25) is 0 Å². The maximum atomic E-state index is 12.3. The van der Waals surface area contributed by atoms with Gasteiger partial charge in [-0.3, -0.25) is 9.78 Å². The summed E-state index contributed by atoms with van der Waals surface area (Å²) in [6.45, 7) is 0.941. The number of carbonyl (C=O) groups is 1. The number of rotatable bonds is 3. The fraction of sp³-hybridized carbons (Fsp3) is 0.467. The fourth-order valence-electron chi connectivity index (χ4n) is 2.32. The van der Waals surface area contributed by atoms with Crippen LogP contribution in [0.5, 0.6) is 0 Å². The minimum absolute atomic E-state index is 0.0738. The molecule has 0 saturated heterocycles. The lowest BCUT2D eigenvalue weighted by atomic mass is 9.82. The average molecular weight is 273 g/mol. The molecular weight excluding hydrogens is 254 g/mol. The van der Waals surface area contributed by atoms with E-state index in [1.807, 2.05) is 0 Å². The van der Waals surface area contributed by atoms with Crippen molar-refractivity contribution in [2.24, 2.45) is 11.7 Å². The van der Waals surface area contributed by atoms with Gasteiger partial charge in [-0.2, -0.15) is 0 Å².